The molecule has 5 heteroatoms. The molecular weight excluding hydrogens is 312 g/mol. The molecule has 0 aliphatic carbocycles. The number of rotatable bonds is 4. The van der Waals surface area contributed by atoms with Gasteiger partial charge in [0.1, 0.15) is 0 Å². The number of hydrogen-bond donors (Lipinski definition) is 1. The number of nitrogens with one attached hydrogen (secondary N) is 1. The molecule has 2 aliphatic heterocycles. The van der Waals surface area contributed by atoms with Crippen molar-refractivity contribution in [2.24, 2.45) is 5.41 Å². The maximum absolute atomic E-state index is 12.7. The highest BCUT2D eigenvalue weighted by atomic mass is 16.2. The topological polar surface area (TPSA) is 48.5 Å². The Bertz CT molecular complexity index is 557. The Balaban J connectivity index is 1.56. The van der Waals surface area contributed by atoms with Gasteiger partial charge in [0.15, 0.2) is 0 Å². The summed E-state index contributed by atoms with van der Waals surface area (Å²) in [5, 5.41) is 3.24. The number of pyridine rings is 1. The van der Waals surface area contributed by atoms with Gasteiger partial charge in [-0.3, -0.25) is 9.88 Å². The molecule has 0 radical (unpaired) electrons. The molecular formula is C20H32N4O. The molecule has 1 aromatic rings. The fourth-order valence-electron chi connectivity index (χ4n) is 3.82. The second-order valence-electron chi connectivity index (χ2n) is 8.71. The lowest BCUT2D eigenvalue weighted by Gasteiger charge is -2.47. The molecule has 25 heavy (non-hydrogen) atoms. The molecule has 1 aromatic heterocycles. The van der Waals surface area contributed by atoms with E-state index in [2.05, 4.69) is 42.0 Å². The molecule has 0 spiro atoms. The molecule has 1 unspecified atom stereocenters. The van der Waals surface area contributed by atoms with Gasteiger partial charge in [0, 0.05) is 31.5 Å². The number of carbonyl (C=O) groups is 1. The smallest absolute Gasteiger partial charge is 0.317 e. The summed E-state index contributed by atoms with van der Waals surface area (Å²) in [4.78, 5) is 21.4. The highest BCUT2D eigenvalue weighted by molar-refractivity contribution is 5.75. The quantitative estimate of drug-likeness (QED) is 0.910. The largest absolute Gasteiger partial charge is 0.331 e. The first-order valence-electron chi connectivity index (χ1n) is 9.62. The summed E-state index contributed by atoms with van der Waals surface area (Å²) in [6.45, 7) is 10.7. The molecule has 5 nitrogen and oxygen atoms in total. The molecule has 2 amide bonds. The Kier molecular flexibility index (Phi) is 5.62. The fraction of sp³-hybridized carbons (Fsp3) is 0.700. The van der Waals surface area contributed by atoms with Crippen molar-refractivity contribution < 1.29 is 4.79 Å². The van der Waals surface area contributed by atoms with Gasteiger partial charge in [0.25, 0.3) is 0 Å². The van der Waals surface area contributed by atoms with E-state index in [-0.39, 0.29) is 17.5 Å². The number of hydrogen-bond acceptors (Lipinski definition) is 3. The van der Waals surface area contributed by atoms with E-state index >= 15 is 0 Å². The van der Waals surface area contributed by atoms with Gasteiger partial charge in [0.05, 0.1) is 6.04 Å². The minimum Gasteiger partial charge on any atom is -0.331 e. The first kappa shape index (κ1) is 18.2. The zero-order valence-electron chi connectivity index (χ0n) is 15.9. The lowest BCUT2D eigenvalue weighted by atomic mass is 9.86. The van der Waals surface area contributed by atoms with Gasteiger partial charge in [-0.05, 0) is 49.4 Å². The number of amides is 2. The maximum Gasteiger partial charge on any atom is 0.317 e. The van der Waals surface area contributed by atoms with Gasteiger partial charge < -0.3 is 10.2 Å². The monoisotopic (exact) mass is 344 g/mol. The Hall–Kier alpha value is -1.62. The van der Waals surface area contributed by atoms with Gasteiger partial charge in [-0.25, -0.2) is 4.79 Å². The van der Waals surface area contributed by atoms with E-state index in [0.29, 0.717) is 6.04 Å². The normalized spacial score (nSPS) is 20.8. The molecule has 0 aromatic carbocycles. The molecule has 0 saturated carbocycles. The zero-order chi connectivity index (χ0) is 17.9. The molecule has 2 aliphatic rings. The van der Waals surface area contributed by atoms with Crippen LogP contribution < -0.4 is 5.32 Å². The van der Waals surface area contributed by atoms with Crippen LogP contribution in [0.2, 0.25) is 0 Å². The number of urea groups is 1. The van der Waals surface area contributed by atoms with Crippen LogP contribution in [0, 0.1) is 5.41 Å². The van der Waals surface area contributed by atoms with Gasteiger partial charge in [-0.15, -0.1) is 0 Å². The van der Waals surface area contributed by atoms with E-state index in [0.717, 1.165) is 25.1 Å². The summed E-state index contributed by atoms with van der Waals surface area (Å²) in [6.07, 6.45) is 8.50. The van der Waals surface area contributed by atoms with E-state index < -0.39 is 0 Å². The van der Waals surface area contributed by atoms with Crippen LogP contribution in [0.3, 0.4) is 0 Å². The minimum atomic E-state index is 0.00948. The van der Waals surface area contributed by atoms with Crippen LogP contribution in [0.5, 0.6) is 0 Å². The van der Waals surface area contributed by atoms with E-state index in [1.807, 2.05) is 17.2 Å². The Morgan fingerprint density at radius 3 is 2.60 bits per heavy atom. The Morgan fingerprint density at radius 1 is 1.28 bits per heavy atom. The standard InChI is InChI=1S/C20H32N4O/c1-20(2,3)12-18(16-8-7-9-21-13-16)22-19(25)24-14-17(15-24)23-10-5-4-6-11-23/h7-9,13,17-18H,4-6,10-12,14-15H2,1-3H3,(H,22,25). The van der Waals surface area contributed by atoms with Crippen LogP contribution in [0.25, 0.3) is 0 Å². The van der Waals surface area contributed by atoms with Crippen LogP contribution >= 0.6 is 0 Å². The van der Waals surface area contributed by atoms with Crippen molar-refractivity contribution in [1.82, 2.24) is 20.1 Å². The summed E-state index contributed by atoms with van der Waals surface area (Å²) in [7, 11) is 0. The van der Waals surface area contributed by atoms with Crippen LogP contribution in [0.4, 0.5) is 4.79 Å². The number of aromatic nitrogens is 1. The van der Waals surface area contributed by atoms with Crippen molar-refractivity contribution >= 4 is 6.03 Å². The molecule has 3 heterocycles. The number of carbonyl (C=O) groups excluding carboxylic acids is 1. The first-order chi connectivity index (χ1) is 11.9. The van der Waals surface area contributed by atoms with Crippen molar-refractivity contribution in [3.63, 3.8) is 0 Å². The van der Waals surface area contributed by atoms with Crippen LogP contribution in [-0.2, 0) is 0 Å². The third-order valence-corrected chi connectivity index (χ3v) is 5.26. The third-order valence-electron chi connectivity index (χ3n) is 5.26. The summed E-state index contributed by atoms with van der Waals surface area (Å²) in [5.74, 6) is 0. The number of piperidine rings is 1. The molecule has 1 atom stereocenters. The highest BCUT2D eigenvalue weighted by Gasteiger charge is 2.36. The number of nitrogens with zero attached hydrogens (tertiary/aromatic N) is 3. The third kappa shape index (κ3) is 4.94. The summed E-state index contributed by atoms with van der Waals surface area (Å²) in [5.41, 5.74) is 1.22. The lowest BCUT2D eigenvalue weighted by molar-refractivity contribution is 0.0437. The average Bonchev–Trinajstić information content (AvgIpc) is 2.53. The second-order valence-corrected chi connectivity index (χ2v) is 8.71. The fourth-order valence-corrected chi connectivity index (χ4v) is 3.82. The summed E-state index contributed by atoms with van der Waals surface area (Å²) >= 11 is 0. The van der Waals surface area contributed by atoms with Crippen molar-refractivity contribution in [3.8, 4) is 0 Å². The SMILES string of the molecule is CC(C)(C)CC(NC(=O)N1CC(N2CCCCC2)C1)c1cccnc1. The van der Waals surface area contributed by atoms with E-state index in [4.69, 9.17) is 0 Å². The second kappa shape index (κ2) is 7.73. The highest BCUT2D eigenvalue weighted by Crippen LogP contribution is 2.29. The predicted octanol–water partition coefficient (Wildman–Crippen LogP) is 3.44. The summed E-state index contributed by atoms with van der Waals surface area (Å²) < 4.78 is 0. The van der Waals surface area contributed by atoms with Crippen molar-refractivity contribution in [1.29, 1.82) is 0 Å². The number of likely N-dealkylation sites (tertiary alicyclic amines) is 2. The zero-order valence-corrected chi connectivity index (χ0v) is 15.9. The Labute approximate surface area is 151 Å². The van der Waals surface area contributed by atoms with Gasteiger partial charge in [0.2, 0.25) is 0 Å². The van der Waals surface area contributed by atoms with Crippen molar-refractivity contribution in [3.05, 3.63) is 30.1 Å². The van der Waals surface area contributed by atoms with Crippen LogP contribution in [0.1, 0.15) is 58.1 Å². The minimum absolute atomic E-state index is 0.00948. The molecule has 0 bridgehead atoms. The Morgan fingerprint density at radius 2 is 2.00 bits per heavy atom. The van der Waals surface area contributed by atoms with Gasteiger partial charge in [-0.1, -0.05) is 33.3 Å². The van der Waals surface area contributed by atoms with Crippen LogP contribution in [0.15, 0.2) is 24.5 Å². The molecule has 1 N–H and O–H groups in total. The van der Waals surface area contributed by atoms with E-state index in [9.17, 15) is 4.79 Å². The molecule has 3 rings (SSSR count). The van der Waals surface area contributed by atoms with Crippen molar-refractivity contribution in [2.75, 3.05) is 26.2 Å². The molecule has 138 valence electrons. The van der Waals surface area contributed by atoms with Gasteiger partial charge >= 0.3 is 6.03 Å². The predicted molar refractivity (Wildman–Crippen MR) is 100 cm³/mol. The van der Waals surface area contributed by atoms with E-state index in [1.165, 1.54) is 32.4 Å². The molecule has 2 fully saturated rings. The van der Waals surface area contributed by atoms with E-state index in [1.54, 1.807) is 6.20 Å². The average molecular weight is 345 g/mol. The maximum atomic E-state index is 12.7. The van der Waals surface area contributed by atoms with Gasteiger partial charge in [-0.2, -0.15) is 0 Å². The lowest BCUT2D eigenvalue weighted by Crippen LogP contribution is -2.63. The first-order valence-corrected chi connectivity index (χ1v) is 9.62. The van der Waals surface area contributed by atoms with Crippen LogP contribution in [-0.4, -0.2) is 53.0 Å². The molecule has 2 saturated heterocycles. The summed E-state index contributed by atoms with van der Waals surface area (Å²) in [6, 6.07) is 4.62. The van der Waals surface area contributed by atoms with Crippen molar-refractivity contribution in [2.45, 2.75) is 58.5 Å².